The third-order valence-electron chi connectivity index (χ3n) is 2.05. The molecule has 0 radical (unpaired) electrons. The van der Waals surface area contributed by atoms with Crippen LogP contribution in [0.25, 0.3) is 0 Å². The van der Waals surface area contributed by atoms with E-state index in [2.05, 4.69) is 20.3 Å². The molecule has 0 spiro atoms. The Morgan fingerprint density at radius 2 is 2.00 bits per heavy atom. The molecule has 0 bridgehead atoms. The monoisotopic (exact) mass is 300 g/mol. The zero-order valence-corrected chi connectivity index (χ0v) is 12.4. The van der Waals surface area contributed by atoms with Crippen molar-refractivity contribution >= 4 is 32.5 Å². The summed E-state index contributed by atoms with van der Waals surface area (Å²) < 4.78 is 13.4. The van der Waals surface area contributed by atoms with E-state index >= 15 is 0 Å². The van der Waals surface area contributed by atoms with Crippen LogP contribution < -0.4 is 0 Å². The van der Waals surface area contributed by atoms with Crippen LogP contribution in [0.4, 0.5) is 0 Å². The fourth-order valence-electron chi connectivity index (χ4n) is 1.04. The SMILES string of the molecule is CC(=N[S@](=N)C(C)(C)C)c1cccc(Br)c1. The molecule has 1 N–H and O–H groups in total. The Morgan fingerprint density at radius 3 is 2.50 bits per heavy atom. The summed E-state index contributed by atoms with van der Waals surface area (Å²) in [5.41, 5.74) is 2.00. The lowest BCUT2D eigenvalue weighted by molar-refractivity contribution is 0.793. The van der Waals surface area contributed by atoms with Crippen LogP contribution in [0.15, 0.2) is 33.1 Å². The van der Waals surface area contributed by atoms with Crippen molar-refractivity contribution in [2.45, 2.75) is 32.4 Å². The minimum atomic E-state index is -0.702. The third-order valence-corrected chi connectivity index (χ3v) is 4.16. The number of benzene rings is 1. The molecule has 0 aliphatic carbocycles. The molecule has 0 saturated carbocycles. The highest BCUT2D eigenvalue weighted by atomic mass is 79.9. The highest BCUT2D eigenvalue weighted by Crippen LogP contribution is 2.16. The Hall–Kier alpha value is -0.480. The predicted octanol–water partition coefficient (Wildman–Crippen LogP) is 4.35. The second-order valence-corrected chi connectivity index (χ2v) is 7.48. The van der Waals surface area contributed by atoms with E-state index in [1.807, 2.05) is 52.0 Å². The van der Waals surface area contributed by atoms with Gasteiger partial charge in [0.2, 0.25) is 0 Å². The molecule has 0 saturated heterocycles. The van der Waals surface area contributed by atoms with Gasteiger partial charge in [0.25, 0.3) is 0 Å². The van der Waals surface area contributed by atoms with Gasteiger partial charge in [-0.05, 0) is 45.4 Å². The predicted molar refractivity (Wildman–Crippen MR) is 76.2 cm³/mol. The van der Waals surface area contributed by atoms with E-state index in [4.69, 9.17) is 4.78 Å². The maximum absolute atomic E-state index is 7.99. The molecule has 1 aromatic rings. The molecule has 2 nitrogen and oxygen atoms in total. The smallest absolute Gasteiger partial charge is 0.0539 e. The summed E-state index contributed by atoms with van der Waals surface area (Å²) in [6, 6.07) is 8.01. The molecule has 0 aliphatic heterocycles. The summed E-state index contributed by atoms with van der Waals surface area (Å²) in [5.74, 6) is 0. The van der Waals surface area contributed by atoms with E-state index in [1.165, 1.54) is 0 Å². The molecule has 1 aromatic carbocycles. The van der Waals surface area contributed by atoms with Crippen LogP contribution in [0.2, 0.25) is 0 Å². The van der Waals surface area contributed by atoms with Crippen molar-refractivity contribution in [1.82, 2.24) is 0 Å². The van der Waals surface area contributed by atoms with Gasteiger partial charge >= 0.3 is 0 Å². The number of halogens is 1. The second-order valence-electron chi connectivity index (χ2n) is 4.58. The number of nitrogens with one attached hydrogen (secondary N) is 1. The first-order valence-corrected chi connectivity index (χ1v) is 7.05. The van der Waals surface area contributed by atoms with Crippen LogP contribution >= 0.6 is 15.9 Å². The van der Waals surface area contributed by atoms with Crippen LogP contribution in [0.5, 0.6) is 0 Å². The Kier molecular flexibility index (Phi) is 4.44. The molecule has 4 heteroatoms. The van der Waals surface area contributed by atoms with E-state index in [0.717, 1.165) is 15.7 Å². The van der Waals surface area contributed by atoms with Gasteiger partial charge in [-0.15, -0.1) is 0 Å². The van der Waals surface area contributed by atoms with E-state index in [-0.39, 0.29) is 4.75 Å². The molecule has 0 amide bonds. The van der Waals surface area contributed by atoms with Gasteiger partial charge in [0.1, 0.15) is 0 Å². The van der Waals surface area contributed by atoms with Gasteiger partial charge in [0, 0.05) is 20.1 Å². The molecule has 0 aromatic heterocycles. The minimum absolute atomic E-state index is 0.0900. The van der Waals surface area contributed by atoms with Gasteiger partial charge in [0.15, 0.2) is 0 Å². The van der Waals surface area contributed by atoms with Crippen LogP contribution in [0.1, 0.15) is 33.3 Å². The van der Waals surface area contributed by atoms with Crippen molar-refractivity contribution in [1.29, 1.82) is 4.78 Å². The maximum Gasteiger partial charge on any atom is 0.0539 e. The summed E-state index contributed by atoms with van der Waals surface area (Å²) in [5, 5.41) is 0. The maximum atomic E-state index is 7.99. The van der Waals surface area contributed by atoms with Crippen molar-refractivity contribution in [2.24, 2.45) is 4.40 Å². The molecule has 0 fully saturated rings. The van der Waals surface area contributed by atoms with Gasteiger partial charge < -0.3 is 0 Å². The lowest BCUT2D eigenvalue weighted by atomic mass is 10.1. The fourth-order valence-corrected chi connectivity index (χ4v) is 2.09. The number of hydrogen-bond acceptors (Lipinski definition) is 1. The molecular formula is C12H17BrN2S. The second kappa shape index (κ2) is 5.23. The van der Waals surface area contributed by atoms with Gasteiger partial charge in [-0.2, -0.15) is 0 Å². The Labute approximate surface area is 108 Å². The standard InChI is InChI=1S/C12H17BrN2S/c1-9(15-16(14)12(2,3)4)10-6-5-7-11(13)8-10/h5-8,14H,1-4H3/t16-/m0/s1. The van der Waals surface area contributed by atoms with Gasteiger partial charge in [-0.3, -0.25) is 4.78 Å². The summed E-state index contributed by atoms with van der Waals surface area (Å²) >= 11 is 3.44. The lowest BCUT2D eigenvalue weighted by Gasteiger charge is -2.17. The summed E-state index contributed by atoms with van der Waals surface area (Å²) in [7, 11) is -0.702. The molecular weight excluding hydrogens is 284 g/mol. The topological polar surface area (TPSA) is 36.2 Å². The van der Waals surface area contributed by atoms with Crippen molar-refractivity contribution in [3.63, 3.8) is 0 Å². The lowest BCUT2D eigenvalue weighted by Crippen LogP contribution is -2.19. The van der Waals surface area contributed by atoms with Gasteiger partial charge in [-0.1, -0.05) is 28.1 Å². The van der Waals surface area contributed by atoms with Crippen LogP contribution in [0, 0.1) is 4.78 Å². The van der Waals surface area contributed by atoms with Crippen molar-refractivity contribution in [2.75, 3.05) is 0 Å². The third kappa shape index (κ3) is 3.83. The van der Waals surface area contributed by atoms with E-state index in [9.17, 15) is 0 Å². The molecule has 0 heterocycles. The quantitative estimate of drug-likeness (QED) is 0.788. The Bertz CT molecular complexity index is 433. The molecule has 0 unspecified atom stereocenters. The Morgan fingerprint density at radius 1 is 1.38 bits per heavy atom. The fraction of sp³-hybridized carbons (Fsp3) is 0.417. The summed E-state index contributed by atoms with van der Waals surface area (Å²) in [6.07, 6.45) is 0. The summed E-state index contributed by atoms with van der Waals surface area (Å²) in [4.78, 5) is 0. The average molecular weight is 301 g/mol. The van der Waals surface area contributed by atoms with Crippen molar-refractivity contribution in [3.8, 4) is 0 Å². The zero-order chi connectivity index (χ0) is 12.3. The van der Waals surface area contributed by atoms with E-state index < -0.39 is 10.9 Å². The van der Waals surface area contributed by atoms with Gasteiger partial charge in [0.05, 0.1) is 5.71 Å². The summed E-state index contributed by atoms with van der Waals surface area (Å²) in [6.45, 7) is 8.09. The first-order valence-electron chi connectivity index (χ1n) is 5.07. The normalized spacial score (nSPS) is 14.9. The number of rotatable bonds is 2. The van der Waals surface area contributed by atoms with Crippen LogP contribution in [-0.4, -0.2) is 10.5 Å². The van der Waals surface area contributed by atoms with Crippen molar-refractivity contribution in [3.05, 3.63) is 34.3 Å². The minimum Gasteiger partial charge on any atom is -0.259 e. The number of hydrogen-bond donors (Lipinski definition) is 1. The molecule has 1 rings (SSSR count). The highest BCUT2D eigenvalue weighted by molar-refractivity contribution is 9.10. The average Bonchev–Trinajstić information content (AvgIpc) is 2.16. The van der Waals surface area contributed by atoms with Crippen molar-refractivity contribution < 1.29 is 0 Å². The molecule has 16 heavy (non-hydrogen) atoms. The van der Waals surface area contributed by atoms with E-state index in [1.54, 1.807) is 0 Å². The molecule has 1 atom stereocenters. The van der Waals surface area contributed by atoms with Crippen LogP contribution in [0.3, 0.4) is 0 Å². The molecule has 0 aliphatic rings. The Balaban J connectivity index is 2.99. The highest BCUT2D eigenvalue weighted by Gasteiger charge is 2.15. The largest absolute Gasteiger partial charge is 0.259 e. The van der Waals surface area contributed by atoms with Gasteiger partial charge in [-0.25, -0.2) is 4.40 Å². The van der Waals surface area contributed by atoms with E-state index in [0.29, 0.717) is 0 Å². The number of nitrogens with zero attached hydrogens (tertiary/aromatic N) is 1. The first-order chi connectivity index (χ1) is 7.30. The van der Waals surface area contributed by atoms with Crippen LogP contribution in [-0.2, 0) is 10.9 Å². The first kappa shape index (κ1) is 13.6. The zero-order valence-electron chi connectivity index (χ0n) is 10.0. The molecule has 88 valence electrons.